The highest BCUT2D eigenvalue weighted by Crippen LogP contribution is 2.29. The van der Waals surface area contributed by atoms with Gasteiger partial charge >= 0.3 is 6.18 Å². The molecule has 0 aliphatic heterocycles. The van der Waals surface area contributed by atoms with Crippen LogP contribution in [0.15, 0.2) is 96.3 Å². The van der Waals surface area contributed by atoms with Gasteiger partial charge in [-0.1, -0.05) is 24.0 Å². The quantitative estimate of drug-likeness (QED) is 0.134. The third kappa shape index (κ3) is 9.45. The Labute approximate surface area is 280 Å². The summed E-state index contributed by atoms with van der Waals surface area (Å²) in [4.78, 5) is 25.6. The maximum atomic E-state index is 13.5. The Morgan fingerprint density at radius 2 is 1.61 bits per heavy atom. The average Bonchev–Trinajstić information content (AvgIpc) is 3.75. The van der Waals surface area contributed by atoms with E-state index in [9.17, 15) is 31.2 Å². The number of nitrogens with zero attached hydrogens (tertiary/aromatic N) is 3. The summed E-state index contributed by atoms with van der Waals surface area (Å²) in [7, 11) is -2.22. The van der Waals surface area contributed by atoms with Crippen molar-refractivity contribution in [2.24, 2.45) is 7.05 Å². The normalized spacial score (nSPS) is 11.4. The fraction of sp³-hybridized carbons (Fsp3) is 0.200. The fourth-order valence-electron chi connectivity index (χ4n) is 4.80. The summed E-state index contributed by atoms with van der Waals surface area (Å²) in [6.07, 6.45) is 2.10. The summed E-state index contributed by atoms with van der Waals surface area (Å²) >= 11 is 0. The Bertz CT molecular complexity index is 2100. The number of amides is 2. The molecule has 14 heteroatoms. The second-order valence-corrected chi connectivity index (χ2v) is 13.1. The van der Waals surface area contributed by atoms with Crippen LogP contribution in [0.4, 0.5) is 13.2 Å². The number of sulfone groups is 1. The number of halogens is 3. The number of aromatic amines is 1. The van der Waals surface area contributed by atoms with E-state index in [1.807, 2.05) is 0 Å². The van der Waals surface area contributed by atoms with Gasteiger partial charge in [-0.2, -0.15) is 23.4 Å². The summed E-state index contributed by atoms with van der Waals surface area (Å²) in [5.74, 6) is 4.63. The molecule has 3 N–H and O–H groups in total. The number of nitrogens with one attached hydrogen (secondary N) is 3. The Hall–Kier alpha value is -5.68. The first-order valence-electron chi connectivity index (χ1n) is 15.0. The van der Waals surface area contributed by atoms with Gasteiger partial charge < -0.3 is 10.6 Å². The van der Waals surface area contributed by atoms with Crippen LogP contribution in [0.1, 0.15) is 60.6 Å². The van der Waals surface area contributed by atoms with E-state index in [4.69, 9.17) is 0 Å². The van der Waals surface area contributed by atoms with Crippen LogP contribution in [-0.4, -0.2) is 46.8 Å². The molecule has 0 aliphatic carbocycles. The molecule has 49 heavy (non-hydrogen) atoms. The second kappa shape index (κ2) is 15.0. The van der Waals surface area contributed by atoms with Crippen LogP contribution in [0, 0.1) is 11.8 Å². The van der Waals surface area contributed by atoms with Gasteiger partial charge in [0.1, 0.15) is 0 Å². The molecule has 0 radical (unpaired) electrons. The Kier molecular flexibility index (Phi) is 10.6. The molecule has 0 unspecified atom stereocenters. The van der Waals surface area contributed by atoms with Crippen LogP contribution in [0.5, 0.6) is 0 Å². The standard InChI is InChI=1S/C35H31F3N6O4S/c1-44-18-16-31(43-44)23-49(47,48)32-15-12-29(34(46)39-17-2-3-26-21-41-42-22-26)19-28(32)11-6-24-4-9-27(10-5-24)33(45)40-20-25-7-13-30(14-8-25)35(36,37)38/h4-5,7-10,12-16,18-19,21-22H,2-3,17,20,23H2,1H3,(H,39,46)(H,40,45)(H,41,42). The lowest BCUT2D eigenvalue weighted by Gasteiger charge is -2.10. The van der Waals surface area contributed by atoms with E-state index >= 15 is 0 Å². The van der Waals surface area contributed by atoms with E-state index in [0.29, 0.717) is 35.3 Å². The highest BCUT2D eigenvalue weighted by molar-refractivity contribution is 7.90. The van der Waals surface area contributed by atoms with E-state index in [0.717, 1.165) is 24.1 Å². The first-order valence-corrected chi connectivity index (χ1v) is 16.7. The van der Waals surface area contributed by atoms with Crippen LogP contribution in [0.2, 0.25) is 0 Å². The summed E-state index contributed by atoms with van der Waals surface area (Å²) in [6.45, 7) is 0.428. The smallest absolute Gasteiger partial charge is 0.352 e. The van der Waals surface area contributed by atoms with Crippen molar-refractivity contribution in [2.75, 3.05) is 6.54 Å². The Morgan fingerprint density at radius 3 is 2.27 bits per heavy atom. The summed E-state index contributed by atoms with van der Waals surface area (Å²) in [5.41, 5.74) is 2.23. The van der Waals surface area contributed by atoms with E-state index < -0.39 is 27.5 Å². The van der Waals surface area contributed by atoms with Crippen molar-refractivity contribution in [3.8, 4) is 11.8 Å². The zero-order valence-electron chi connectivity index (χ0n) is 26.2. The number of alkyl halides is 3. The minimum Gasteiger partial charge on any atom is -0.352 e. The highest BCUT2D eigenvalue weighted by Gasteiger charge is 2.30. The topological polar surface area (TPSA) is 139 Å². The predicted molar refractivity (Wildman–Crippen MR) is 175 cm³/mol. The molecule has 0 saturated carbocycles. The monoisotopic (exact) mass is 688 g/mol. The molecule has 3 aromatic carbocycles. The van der Waals surface area contributed by atoms with Gasteiger partial charge in [0, 0.05) is 54.8 Å². The zero-order valence-corrected chi connectivity index (χ0v) is 27.0. The summed E-state index contributed by atoms with van der Waals surface area (Å²) < 4.78 is 66.9. The molecule has 0 aliphatic rings. The molecule has 0 bridgehead atoms. The van der Waals surface area contributed by atoms with Crippen molar-refractivity contribution in [3.63, 3.8) is 0 Å². The van der Waals surface area contributed by atoms with Gasteiger partial charge in [-0.3, -0.25) is 19.4 Å². The Balaban J connectivity index is 1.30. The number of carbonyl (C=O) groups is 2. The molecule has 0 fully saturated rings. The fourth-order valence-corrected chi connectivity index (χ4v) is 6.22. The number of H-pyrrole nitrogens is 1. The molecule has 2 heterocycles. The molecule has 10 nitrogen and oxygen atoms in total. The van der Waals surface area contributed by atoms with Crippen LogP contribution in [-0.2, 0) is 41.8 Å². The van der Waals surface area contributed by atoms with Gasteiger partial charge in [0.25, 0.3) is 11.8 Å². The van der Waals surface area contributed by atoms with Crippen molar-refractivity contribution in [2.45, 2.75) is 36.2 Å². The van der Waals surface area contributed by atoms with Crippen molar-refractivity contribution in [3.05, 3.63) is 136 Å². The lowest BCUT2D eigenvalue weighted by Crippen LogP contribution is -2.25. The molecule has 5 aromatic rings. The molecule has 2 amide bonds. The van der Waals surface area contributed by atoms with Crippen molar-refractivity contribution in [1.82, 2.24) is 30.6 Å². The average molecular weight is 689 g/mol. The largest absolute Gasteiger partial charge is 0.416 e. The Morgan fingerprint density at radius 1 is 0.898 bits per heavy atom. The predicted octanol–water partition coefficient (Wildman–Crippen LogP) is 4.83. The van der Waals surface area contributed by atoms with Gasteiger partial charge in [0.05, 0.1) is 28.1 Å². The third-order valence-corrected chi connectivity index (χ3v) is 9.09. The number of rotatable bonds is 11. The van der Waals surface area contributed by atoms with Gasteiger partial charge in [-0.15, -0.1) is 0 Å². The van der Waals surface area contributed by atoms with Crippen molar-refractivity contribution in [1.29, 1.82) is 0 Å². The third-order valence-electron chi connectivity index (χ3n) is 7.39. The summed E-state index contributed by atoms with van der Waals surface area (Å²) in [6, 6.07) is 16.6. The lowest BCUT2D eigenvalue weighted by molar-refractivity contribution is -0.137. The maximum Gasteiger partial charge on any atom is 0.416 e. The highest BCUT2D eigenvalue weighted by atomic mass is 32.2. The number of hydrogen-bond donors (Lipinski definition) is 3. The van der Waals surface area contributed by atoms with Crippen LogP contribution in [0.3, 0.4) is 0 Å². The zero-order chi connectivity index (χ0) is 35.0. The van der Waals surface area contributed by atoms with Crippen LogP contribution in [0.25, 0.3) is 0 Å². The molecule has 0 saturated heterocycles. The number of hydrogen-bond acceptors (Lipinski definition) is 6. The molecule has 0 spiro atoms. The van der Waals surface area contributed by atoms with Gasteiger partial charge in [-0.05, 0) is 84.6 Å². The second-order valence-electron chi connectivity index (χ2n) is 11.1. The van der Waals surface area contributed by atoms with Crippen molar-refractivity contribution < 1.29 is 31.2 Å². The van der Waals surface area contributed by atoms with Crippen LogP contribution >= 0.6 is 0 Å². The molecular weight excluding hydrogens is 657 g/mol. The number of aryl methyl sites for hydroxylation is 2. The number of aromatic nitrogens is 4. The van der Waals surface area contributed by atoms with E-state index in [2.05, 4.69) is 37.8 Å². The van der Waals surface area contributed by atoms with Gasteiger partial charge in [0.15, 0.2) is 9.84 Å². The number of benzene rings is 3. The minimum atomic E-state index is -4.44. The lowest BCUT2D eigenvalue weighted by atomic mass is 10.1. The van der Waals surface area contributed by atoms with Gasteiger partial charge in [-0.25, -0.2) is 8.42 Å². The molecule has 0 atom stereocenters. The minimum absolute atomic E-state index is 0.0303. The number of carbonyl (C=O) groups excluding carboxylic acids is 2. The van der Waals surface area contributed by atoms with Crippen molar-refractivity contribution >= 4 is 21.7 Å². The molecule has 5 rings (SSSR count). The van der Waals surface area contributed by atoms with E-state index in [1.165, 1.54) is 47.1 Å². The van der Waals surface area contributed by atoms with Gasteiger partial charge in [0.2, 0.25) is 0 Å². The summed E-state index contributed by atoms with van der Waals surface area (Å²) in [5, 5.41) is 16.3. The first kappa shape index (κ1) is 34.6. The molecular formula is C35H31F3N6O4S. The molecule has 252 valence electrons. The SMILES string of the molecule is Cn1ccc(CS(=O)(=O)c2ccc(C(=O)NCCCc3cn[nH]c3)cc2C#Cc2ccc(C(=O)NCc3ccc(C(F)(F)F)cc3)cc2)n1. The maximum absolute atomic E-state index is 13.5. The van der Waals surface area contributed by atoms with E-state index in [1.54, 1.807) is 43.8 Å². The molecule has 2 aromatic heterocycles. The first-order chi connectivity index (χ1) is 23.4. The van der Waals surface area contributed by atoms with E-state index in [-0.39, 0.29) is 34.2 Å². The van der Waals surface area contributed by atoms with Crippen LogP contribution < -0.4 is 10.6 Å².